The Bertz CT molecular complexity index is 241. The van der Waals surface area contributed by atoms with Gasteiger partial charge in [0, 0.05) is 1.43 Å². The van der Waals surface area contributed by atoms with Crippen molar-refractivity contribution in [3.8, 4) is 0 Å². The first kappa shape index (κ1) is 15.2. The first-order valence-corrected chi connectivity index (χ1v) is 6.64. The van der Waals surface area contributed by atoms with Gasteiger partial charge in [-0.25, -0.2) is 0 Å². The summed E-state index contributed by atoms with van der Waals surface area (Å²) in [6.45, 7) is 11.1. The average molecular weight is 222 g/mol. The van der Waals surface area contributed by atoms with E-state index in [1.165, 1.54) is 36.8 Å². The minimum absolute atomic E-state index is 0. The van der Waals surface area contributed by atoms with Crippen LogP contribution in [0.15, 0.2) is 24.3 Å². The highest BCUT2D eigenvalue weighted by molar-refractivity contribution is 5.23. The van der Waals surface area contributed by atoms with Crippen LogP contribution in [-0.4, -0.2) is 0 Å². The largest absolute Gasteiger partial charge is 0.0654 e. The Morgan fingerprint density at radius 3 is 1.56 bits per heavy atom. The molecule has 0 N–H and O–H groups in total. The summed E-state index contributed by atoms with van der Waals surface area (Å²) in [5, 5.41) is 0. The molecule has 94 valence electrons. The third kappa shape index (κ3) is 7.50. The lowest BCUT2D eigenvalue weighted by atomic mass is 10.0. The van der Waals surface area contributed by atoms with Crippen LogP contribution in [0.5, 0.6) is 0 Å². The molecule has 0 radical (unpaired) electrons. The standard InChI is InChI=1S/C8H10.C8H18.H2/c1-7-5-3-4-6-8(7)2;1-4-6-8(3)7-5-2;/h3-6H,1-2H3;8H,4-7H2,1-3H3;1H. The quantitative estimate of drug-likeness (QED) is 0.606. The summed E-state index contributed by atoms with van der Waals surface area (Å²) >= 11 is 0. The van der Waals surface area contributed by atoms with E-state index in [2.05, 4.69) is 58.9 Å². The molecule has 0 bridgehead atoms. The summed E-state index contributed by atoms with van der Waals surface area (Å²) in [5.41, 5.74) is 2.74. The molecule has 0 saturated heterocycles. The zero-order chi connectivity index (χ0) is 12.4. The second-order valence-corrected chi connectivity index (χ2v) is 4.77. The van der Waals surface area contributed by atoms with E-state index in [0.717, 1.165) is 5.92 Å². The highest BCUT2D eigenvalue weighted by atomic mass is 14.0. The SMILES string of the molecule is CCCC(C)CCC.Cc1ccccc1C.[HH]. The molecule has 0 aromatic heterocycles. The van der Waals surface area contributed by atoms with Crippen molar-refractivity contribution in [3.05, 3.63) is 35.4 Å². The predicted octanol–water partition coefficient (Wildman–Crippen LogP) is 5.77. The van der Waals surface area contributed by atoms with Gasteiger partial charge in [0.15, 0.2) is 0 Å². The zero-order valence-corrected chi connectivity index (χ0v) is 11.7. The second kappa shape index (κ2) is 9.45. The normalized spacial score (nSPS) is 9.88. The predicted molar refractivity (Wildman–Crippen MR) is 77.0 cm³/mol. The van der Waals surface area contributed by atoms with Gasteiger partial charge in [0.05, 0.1) is 0 Å². The van der Waals surface area contributed by atoms with Crippen LogP contribution in [0.25, 0.3) is 0 Å². The van der Waals surface area contributed by atoms with Crippen molar-refractivity contribution >= 4 is 0 Å². The Kier molecular flexibility index (Phi) is 8.99. The Hall–Kier alpha value is -0.780. The minimum atomic E-state index is 0. The van der Waals surface area contributed by atoms with Gasteiger partial charge in [-0.3, -0.25) is 0 Å². The first-order valence-electron chi connectivity index (χ1n) is 6.64. The molecule has 0 aliphatic rings. The van der Waals surface area contributed by atoms with Crippen LogP contribution >= 0.6 is 0 Å². The molecule has 0 amide bonds. The number of benzene rings is 1. The molecule has 0 aliphatic heterocycles. The van der Waals surface area contributed by atoms with Gasteiger partial charge < -0.3 is 0 Å². The maximum absolute atomic E-state index is 2.34. The average Bonchev–Trinajstić information content (AvgIpc) is 2.24. The molecule has 0 nitrogen and oxygen atoms in total. The second-order valence-electron chi connectivity index (χ2n) is 4.77. The minimum Gasteiger partial charge on any atom is -0.0654 e. The van der Waals surface area contributed by atoms with Crippen LogP contribution in [0.2, 0.25) is 0 Å². The van der Waals surface area contributed by atoms with Crippen molar-refractivity contribution in [2.45, 2.75) is 60.3 Å². The van der Waals surface area contributed by atoms with Crippen LogP contribution in [0, 0.1) is 19.8 Å². The molecule has 0 spiro atoms. The molecule has 1 rings (SSSR count). The lowest BCUT2D eigenvalue weighted by Crippen LogP contribution is -1.91. The van der Waals surface area contributed by atoms with Gasteiger partial charge in [-0.1, -0.05) is 70.7 Å². The highest BCUT2D eigenvalue weighted by Crippen LogP contribution is 2.10. The molecule has 0 unspecified atom stereocenters. The van der Waals surface area contributed by atoms with Crippen molar-refractivity contribution in [2.75, 3.05) is 0 Å². The number of rotatable bonds is 4. The van der Waals surface area contributed by atoms with Gasteiger partial charge in [0.25, 0.3) is 0 Å². The van der Waals surface area contributed by atoms with E-state index >= 15 is 0 Å². The van der Waals surface area contributed by atoms with Gasteiger partial charge in [-0.05, 0) is 30.9 Å². The van der Waals surface area contributed by atoms with Crippen molar-refractivity contribution in [1.82, 2.24) is 0 Å². The van der Waals surface area contributed by atoms with Crippen LogP contribution in [0.1, 0.15) is 59.0 Å². The molecule has 1 aromatic rings. The Labute approximate surface area is 104 Å². The third-order valence-corrected chi connectivity index (χ3v) is 2.99. The monoisotopic (exact) mass is 222 g/mol. The third-order valence-electron chi connectivity index (χ3n) is 2.99. The summed E-state index contributed by atoms with van der Waals surface area (Å²) in [7, 11) is 0. The van der Waals surface area contributed by atoms with E-state index in [9.17, 15) is 0 Å². The molecule has 0 heteroatoms. The van der Waals surface area contributed by atoms with E-state index in [0.29, 0.717) is 0 Å². The van der Waals surface area contributed by atoms with Gasteiger partial charge >= 0.3 is 0 Å². The number of aryl methyl sites for hydroxylation is 2. The summed E-state index contributed by atoms with van der Waals surface area (Å²) in [6, 6.07) is 8.36. The van der Waals surface area contributed by atoms with Crippen molar-refractivity contribution in [2.24, 2.45) is 5.92 Å². The Balaban J connectivity index is 0. The molecule has 0 aliphatic carbocycles. The van der Waals surface area contributed by atoms with E-state index in [1.54, 1.807) is 0 Å². The summed E-state index contributed by atoms with van der Waals surface area (Å²) in [4.78, 5) is 0. The lowest BCUT2D eigenvalue weighted by molar-refractivity contribution is 0.480. The molecular formula is C16H30. The van der Waals surface area contributed by atoms with Gasteiger partial charge in [-0.15, -0.1) is 0 Å². The van der Waals surface area contributed by atoms with E-state index in [-0.39, 0.29) is 1.43 Å². The molecular weight excluding hydrogens is 192 g/mol. The van der Waals surface area contributed by atoms with Crippen molar-refractivity contribution < 1.29 is 1.43 Å². The van der Waals surface area contributed by atoms with Crippen LogP contribution < -0.4 is 0 Å². The van der Waals surface area contributed by atoms with Crippen molar-refractivity contribution in [3.63, 3.8) is 0 Å². The van der Waals surface area contributed by atoms with Crippen molar-refractivity contribution in [1.29, 1.82) is 0 Å². The molecule has 0 heterocycles. The smallest absolute Gasteiger partial charge is 0 e. The summed E-state index contributed by atoms with van der Waals surface area (Å²) in [5.74, 6) is 0.963. The number of hydrogen-bond donors (Lipinski definition) is 0. The van der Waals surface area contributed by atoms with Crippen LogP contribution in [0.4, 0.5) is 0 Å². The highest BCUT2D eigenvalue weighted by Gasteiger charge is 1.95. The number of hydrogen-bond acceptors (Lipinski definition) is 0. The fourth-order valence-electron chi connectivity index (χ4n) is 1.79. The Morgan fingerprint density at radius 1 is 0.938 bits per heavy atom. The van der Waals surface area contributed by atoms with E-state index in [4.69, 9.17) is 0 Å². The summed E-state index contributed by atoms with van der Waals surface area (Å²) < 4.78 is 0. The first-order chi connectivity index (χ1) is 7.61. The fraction of sp³-hybridized carbons (Fsp3) is 0.625. The van der Waals surface area contributed by atoms with E-state index in [1.807, 2.05) is 0 Å². The van der Waals surface area contributed by atoms with Gasteiger partial charge in [-0.2, -0.15) is 0 Å². The van der Waals surface area contributed by atoms with Gasteiger partial charge in [0.1, 0.15) is 0 Å². The van der Waals surface area contributed by atoms with Gasteiger partial charge in [0.2, 0.25) is 0 Å². The molecule has 0 saturated carbocycles. The fourth-order valence-corrected chi connectivity index (χ4v) is 1.79. The zero-order valence-electron chi connectivity index (χ0n) is 11.7. The molecule has 1 aromatic carbocycles. The van der Waals surface area contributed by atoms with Crippen LogP contribution in [0.3, 0.4) is 0 Å². The summed E-state index contributed by atoms with van der Waals surface area (Å²) in [6.07, 6.45) is 5.52. The maximum Gasteiger partial charge on any atom is 0 e. The van der Waals surface area contributed by atoms with Crippen LogP contribution in [-0.2, 0) is 0 Å². The van der Waals surface area contributed by atoms with E-state index < -0.39 is 0 Å². The molecule has 0 fully saturated rings. The Morgan fingerprint density at radius 2 is 1.31 bits per heavy atom. The molecule has 16 heavy (non-hydrogen) atoms. The maximum atomic E-state index is 2.34. The lowest BCUT2D eigenvalue weighted by Gasteiger charge is -2.05. The topological polar surface area (TPSA) is 0 Å². The molecule has 0 atom stereocenters.